The normalized spacial score (nSPS) is 16.1. The molecule has 0 bridgehead atoms. The van der Waals surface area contributed by atoms with Crippen LogP contribution in [0.1, 0.15) is 48.3 Å². The fourth-order valence-electron chi connectivity index (χ4n) is 3.89. The molecule has 0 aliphatic heterocycles. The van der Waals surface area contributed by atoms with Crippen LogP contribution in [0.4, 0.5) is 5.13 Å². The summed E-state index contributed by atoms with van der Waals surface area (Å²) in [5.74, 6) is -0.365. The number of rotatable bonds is 4. The van der Waals surface area contributed by atoms with E-state index in [0.29, 0.717) is 24.0 Å². The summed E-state index contributed by atoms with van der Waals surface area (Å²) in [6.45, 7) is 4.66. The minimum atomic E-state index is -0.604. The maximum atomic E-state index is 13.1. The fraction of sp³-hybridized carbons (Fsp3) is 0.381. The van der Waals surface area contributed by atoms with Crippen molar-refractivity contribution in [2.45, 2.75) is 46.1 Å². The van der Waals surface area contributed by atoms with E-state index in [-0.39, 0.29) is 11.3 Å². The molecule has 2 heterocycles. The molecule has 2 aromatic heterocycles. The van der Waals surface area contributed by atoms with Gasteiger partial charge in [-0.15, -0.1) is 0 Å². The molecule has 28 heavy (non-hydrogen) atoms. The number of thiazole rings is 1. The number of nitrogens with zero attached hydrogens (tertiary/aromatic N) is 2. The Hall–Kier alpha value is -2.67. The van der Waals surface area contributed by atoms with E-state index in [0.717, 1.165) is 40.7 Å². The van der Waals surface area contributed by atoms with Crippen molar-refractivity contribution >= 4 is 32.6 Å². The van der Waals surface area contributed by atoms with E-state index < -0.39 is 11.5 Å². The first-order valence-corrected chi connectivity index (χ1v) is 10.5. The Balaban J connectivity index is 1.77. The van der Waals surface area contributed by atoms with E-state index in [4.69, 9.17) is 0 Å². The number of carbonyl (C=O) groups is 1. The van der Waals surface area contributed by atoms with Crippen LogP contribution in [0, 0.1) is 5.92 Å². The number of amides is 1. The topological polar surface area (TPSA) is 84.2 Å². The maximum absolute atomic E-state index is 13.1. The van der Waals surface area contributed by atoms with Gasteiger partial charge in [-0.2, -0.15) is 0 Å². The Bertz CT molecular complexity index is 1080. The van der Waals surface area contributed by atoms with Gasteiger partial charge in [0.05, 0.1) is 10.2 Å². The predicted octanol–water partition coefficient (Wildman–Crippen LogP) is 3.95. The van der Waals surface area contributed by atoms with Crippen LogP contribution in [0.15, 0.2) is 29.1 Å². The van der Waals surface area contributed by atoms with Gasteiger partial charge in [0, 0.05) is 17.8 Å². The SMILES string of the molecule is CCCn1c2c(c(O)c(C(=O)Nc3nc4ccccc4s3)c1=O)CC(C)CC2. The first kappa shape index (κ1) is 18.7. The second kappa shape index (κ2) is 7.39. The number of para-hydroxylation sites is 1. The number of nitrogens with one attached hydrogen (secondary N) is 1. The maximum Gasteiger partial charge on any atom is 0.267 e. The summed E-state index contributed by atoms with van der Waals surface area (Å²) in [5, 5.41) is 13.9. The number of hydrogen-bond donors (Lipinski definition) is 2. The highest BCUT2D eigenvalue weighted by Gasteiger charge is 2.29. The van der Waals surface area contributed by atoms with Crippen LogP contribution in [0.5, 0.6) is 5.75 Å². The van der Waals surface area contributed by atoms with E-state index in [2.05, 4.69) is 17.2 Å². The molecule has 0 radical (unpaired) electrons. The van der Waals surface area contributed by atoms with Crippen molar-refractivity contribution in [2.75, 3.05) is 5.32 Å². The average molecular weight is 398 g/mol. The van der Waals surface area contributed by atoms with Gasteiger partial charge in [-0.3, -0.25) is 14.9 Å². The van der Waals surface area contributed by atoms with Gasteiger partial charge in [0.25, 0.3) is 11.5 Å². The zero-order chi connectivity index (χ0) is 19.8. The third-order valence-electron chi connectivity index (χ3n) is 5.27. The molecular weight excluding hydrogens is 374 g/mol. The molecule has 2 N–H and O–H groups in total. The summed E-state index contributed by atoms with van der Waals surface area (Å²) in [5.41, 5.74) is 1.79. The lowest BCUT2D eigenvalue weighted by Crippen LogP contribution is -2.34. The van der Waals surface area contributed by atoms with Gasteiger partial charge in [0.2, 0.25) is 0 Å². The Labute approximate surface area is 166 Å². The zero-order valence-electron chi connectivity index (χ0n) is 16.0. The van der Waals surface area contributed by atoms with Crippen LogP contribution < -0.4 is 10.9 Å². The number of fused-ring (bicyclic) bond motifs is 2. The molecule has 1 aliphatic rings. The number of aromatic nitrogens is 2. The van der Waals surface area contributed by atoms with Gasteiger partial charge in [0.1, 0.15) is 11.3 Å². The standard InChI is InChI=1S/C21H23N3O3S/c1-3-10-24-15-9-8-12(2)11-13(15)18(25)17(20(24)27)19(26)23-21-22-14-6-4-5-7-16(14)28-21/h4-7,12,25H,3,8-11H2,1-2H3,(H,22,23,26). The Morgan fingerprint density at radius 2 is 2.18 bits per heavy atom. The molecule has 1 amide bonds. The number of aromatic hydroxyl groups is 1. The van der Waals surface area contributed by atoms with Crippen molar-refractivity contribution in [3.63, 3.8) is 0 Å². The first-order chi connectivity index (χ1) is 13.5. The van der Waals surface area contributed by atoms with Crippen LogP contribution in [0.3, 0.4) is 0 Å². The summed E-state index contributed by atoms with van der Waals surface area (Å²) >= 11 is 1.34. The van der Waals surface area contributed by atoms with Crippen LogP contribution in [-0.2, 0) is 19.4 Å². The van der Waals surface area contributed by atoms with Gasteiger partial charge in [-0.05, 0) is 43.7 Å². The molecule has 3 aromatic rings. The van der Waals surface area contributed by atoms with E-state index in [1.165, 1.54) is 11.3 Å². The molecule has 146 valence electrons. The van der Waals surface area contributed by atoms with Gasteiger partial charge < -0.3 is 9.67 Å². The van der Waals surface area contributed by atoms with Gasteiger partial charge in [-0.25, -0.2) is 4.98 Å². The lowest BCUT2D eigenvalue weighted by molar-refractivity contribution is 0.102. The van der Waals surface area contributed by atoms with Gasteiger partial charge in [-0.1, -0.05) is 37.3 Å². The Morgan fingerprint density at radius 1 is 1.39 bits per heavy atom. The summed E-state index contributed by atoms with van der Waals surface area (Å²) in [4.78, 5) is 30.4. The summed E-state index contributed by atoms with van der Waals surface area (Å²) < 4.78 is 2.62. The molecule has 0 saturated heterocycles. The fourth-order valence-corrected chi connectivity index (χ4v) is 4.75. The molecule has 4 rings (SSSR count). The molecule has 0 spiro atoms. The van der Waals surface area contributed by atoms with Crippen LogP contribution in [-0.4, -0.2) is 20.6 Å². The van der Waals surface area contributed by atoms with E-state index in [1.807, 2.05) is 31.2 Å². The van der Waals surface area contributed by atoms with Crippen molar-refractivity contribution in [3.05, 3.63) is 51.4 Å². The minimum absolute atomic E-state index is 0.169. The quantitative estimate of drug-likeness (QED) is 0.698. The van der Waals surface area contributed by atoms with Crippen LogP contribution in [0.2, 0.25) is 0 Å². The highest BCUT2D eigenvalue weighted by molar-refractivity contribution is 7.22. The molecule has 7 heteroatoms. The smallest absolute Gasteiger partial charge is 0.267 e. The highest BCUT2D eigenvalue weighted by atomic mass is 32.1. The molecule has 0 saturated carbocycles. The number of anilines is 1. The van der Waals surface area contributed by atoms with Crippen LogP contribution in [0.25, 0.3) is 10.2 Å². The molecule has 0 fully saturated rings. The Morgan fingerprint density at radius 3 is 2.93 bits per heavy atom. The average Bonchev–Trinajstić information content (AvgIpc) is 3.07. The monoisotopic (exact) mass is 397 g/mol. The lowest BCUT2D eigenvalue weighted by atomic mass is 9.86. The number of hydrogen-bond acceptors (Lipinski definition) is 5. The van der Waals surface area contributed by atoms with Crippen molar-refractivity contribution in [2.24, 2.45) is 5.92 Å². The number of pyridine rings is 1. The van der Waals surface area contributed by atoms with Crippen molar-refractivity contribution in [1.82, 2.24) is 9.55 Å². The van der Waals surface area contributed by atoms with Crippen LogP contribution >= 0.6 is 11.3 Å². The van der Waals surface area contributed by atoms with Gasteiger partial charge >= 0.3 is 0 Å². The van der Waals surface area contributed by atoms with Crippen molar-refractivity contribution in [1.29, 1.82) is 0 Å². The van der Waals surface area contributed by atoms with E-state index in [1.54, 1.807) is 4.57 Å². The van der Waals surface area contributed by atoms with E-state index >= 15 is 0 Å². The zero-order valence-corrected chi connectivity index (χ0v) is 16.8. The van der Waals surface area contributed by atoms with Gasteiger partial charge in [0.15, 0.2) is 5.13 Å². The number of carbonyl (C=O) groups excluding carboxylic acids is 1. The minimum Gasteiger partial charge on any atom is -0.507 e. The second-order valence-corrected chi connectivity index (χ2v) is 8.43. The lowest BCUT2D eigenvalue weighted by Gasteiger charge is -2.26. The summed E-state index contributed by atoms with van der Waals surface area (Å²) in [6, 6.07) is 7.58. The van der Waals surface area contributed by atoms with Crippen molar-refractivity contribution in [3.8, 4) is 5.75 Å². The third-order valence-corrected chi connectivity index (χ3v) is 6.22. The Kier molecular flexibility index (Phi) is 4.93. The molecule has 1 unspecified atom stereocenters. The molecule has 1 aromatic carbocycles. The number of benzene rings is 1. The molecule has 6 nitrogen and oxygen atoms in total. The predicted molar refractivity (Wildman–Crippen MR) is 111 cm³/mol. The molecule has 1 aliphatic carbocycles. The third kappa shape index (κ3) is 3.20. The largest absolute Gasteiger partial charge is 0.507 e. The molecular formula is C21H23N3O3S. The van der Waals surface area contributed by atoms with Crippen molar-refractivity contribution < 1.29 is 9.90 Å². The second-order valence-electron chi connectivity index (χ2n) is 7.39. The summed E-state index contributed by atoms with van der Waals surface area (Å²) in [7, 11) is 0. The summed E-state index contributed by atoms with van der Waals surface area (Å²) in [6.07, 6.45) is 3.18. The molecule has 1 atom stereocenters. The van der Waals surface area contributed by atoms with E-state index in [9.17, 15) is 14.7 Å². The first-order valence-electron chi connectivity index (χ1n) is 9.64. The highest BCUT2D eigenvalue weighted by Crippen LogP contribution is 2.33.